The SMILES string of the molecule is CCCOc1c(Cl)cc(/C=C/C(=O)Nc2ccc(CC(N)=O)cc2)cc1OC. The summed E-state index contributed by atoms with van der Waals surface area (Å²) in [5, 5.41) is 3.16. The number of ether oxygens (including phenoxy) is 2. The number of carbonyl (C=O) groups is 2. The zero-order chi connectivity index (χ0) is 20.5. The molecule has 2 amide bonds. The van der Waals surface area contributed by atoms with Crippen molar-refractivity contribution < 1.29 is 19.1 Å². The molecule has 0 aliphatic carbocycles. The molecule has 2 aromatic carbocycles. The second-order valence-electron chi connectivity index (χ2n) is 6.05. The summed E-state index contributed by atoms with van der Waals surface area (Å²) in [6, 6.07) is 10.4. The molecule has 2 rings (SSSR count). The predicted octanol–water partition coefficient (Wildman–Crippen LogP) is 3.82. The largest absolute Gasteiger partial charge is 0.493 e. The van der Waals surface area contributed by atoms with Gasteiger partial charge in [0.15, 0.2) is 11.5 Å². The lowest BCUT2D eigenvalue weighted by Crippen LogP contribution is -2.13. The highest BCUT2D eigenvalue weighted by Gasteiger charge is 2.11. The molecule has 6 nitrogen and oxygen atoms in total. The molecule has 0 unspecified atom stereocenters. The fourth-order valence-corrected chi connectivity index (χ4v) is 2.72. The minimum Gasteiger partial charge on any atom is -0.493 e. The molecule has 0 aromatic heterocycles. The lowest BCUT2D eigenvalue weighted by molar-refractivity contribution is -0.117. The van der Waals surface area contributed by atoms with Crippen molar-refractivity contribution in [1.29, 1.82) is 0 Å². The van der Waals surface area contributed by atoms with Gasteiger partial charge in [0.25, 0.3) is 0 Å². The van der Waals surface area contributed by atoms with Crippen LogP contribution in [-0.2, 0) is 16.0 Å². The van der Waals surface area contributed by atoms with Crippen molar-refractivity contribution in [2.24, 2.45) is 5.73 Å². The van der Waals surface area contributed by atoms with E-state index in [1.54, 1.807) is 42.5 Å². The molecule has 0 bridgehead atoms. The molecule has 0 aliphatic rings. The Labute approximate surface area is 169 Å². The Bertz CT molecular complexity index is 863. The van der Waals surface area contributed by atoms with Gasteiger partial charge in [-0.05, 0) is 47.9 Å². The standard InChI is InChI=1S/C21H23ClN2O4/c1-3-10-28-21-17(22)11-15(12-18(21)27-2)6-9-20(26)24-16-7-4-14(5-8-16)13-19(23)25/h4-9,11-12H,3,10,13H2,1-2H3,(H2,23,25)(H,24,26)/b9-6+. The molecule has 0 spiro atoms. The number of primary amides is 1. The minimum atomic E-state index is -0.403. The molecule has 0 saturated carbocycles. The third-order valence-electron chi connectivity index (χ3n) is 3.73. The number of rotatable bonds is 9. The molecule has 0 atom stereocenters. The van der Waals surface area contributed by atoms with Gasteiger partial charge in [-0.1, -0.05) is 30.7 Å². The third kappa shape index (κ3) is 6.32. The molecule has 0 heterocycles. The van der Waals surface area contributed by atoms with Gasteiger partial charge < -0.3 is 20.5 Å². The van der Waals surface area contributed by atoms with Gasteiger partial charge in [-0.3, -0.25) is 9.59 Å². The first kappa shape index (κ1) is 21.3. The van der Waals surface area contributed by atoms with Gasteiger partial charge in [0.2, 0.25) is 11.8 Å². The van der Waals surface area contributed by atoms with Crippen molar-refractivity contribution in [3.63, 3.8) is 0 Å². The molecular weight excluding hydrogens is 380 g/mol. The second kappa shape index (κ2) is 10.4. The molecule has 148 valence electrons. The van der Waals surface area contributed by atoms with Crippen LogP contribution < -0.4 is 20.5 Å². The van der Waals surface area contributed by atoms with E-state index in [0.717, 1.165) is 12.0 Å². The van der Waals surface area contributed by atoms with Crippen molar-refractivity contribution in [3.8, 4) is 11.5 Å². The molecule has 7 heteroatoms. The normalized spacial score (nSPS) is 10.7. The van der Waals surface area contributed by atoms with Crippen molar-refractivity contribution >= 4 is 35.2 Å². The lowest BCUT2D eigenvalue weighted by atomic mass is 10.1. The quantitative estimate of drug-likeness (QED) is 0.624. The fraction of sp³-hybridized carbons (Fsp3) is 0.238. The van der Waals surface area contributed by atoms with E-state index < -0.39 is 5.91 Å². The zero-order valence-electron chi connectivity index (χ0n) is 15.8. The third-order valence-corrected chi connectivity index (χ3v) is 4.01. The summed E-state index contributed by atoms with van der Waals surface area (Å²) in [7, 11) is 1.53. The Hall–Kier alpha value is -2.99. The topological polar surface area (TPSA) is 90.6 Å². The summed E-state index contributed by atoms with van der Waals surface area (Å²) < 4.78 is 10.9. The Morgan fingerprint density at radius 2 is 1.93 bits per heavy atom. The number of nitrogens with one attached hydrogen (secondary N) is 1. The van der Waals surface area contributed by atoms with Crippen LogP contribution in [0.1, 0.15) is 24.5 Å². The fourth-order valence-electron chi connectivity index (χ4n) is 2.44. The van der Waals surface area contributed by atoms with Crippen LogP contribution in [0.5, 0.6) is 11.5 Å². The van der Waals surface area contributed by atoms with E-state index in [0.29, 0.717) is 34.4 Å². The highest BCUT2D eigenvalue weighted by molar-refractivity contribution is 6.32. The Balaban J connectivity index is 2.05. The van der Waals surface area contributed by atoms with E-state index in [-0.39, 0.29) is 12.3 Å². The molecular formula is C21H23ClN2O4. The molecule has 0 fully saturated rings. The van der Waals surface area contributed by atoms with E-state index in [4.69, 9.17) is 26.8 Å². The molecule has 3 N–H and O–H groups in total. The average molecular weight is 403 g/mol. The number of carbonyl (C=O) groups excluding carboxylic acids is 2. The van der Waals surface area contributed by atoms with Crippen molar-refractivity contribution in [3.05, 3.63) is 58.6 Å². The van der Waals surface area contributed by atoms with Gasteiger partial charge in [-0.15, -0.1) is 0 Å². The van der Waals surface area contributed by atoms with E-state index in [2.05, 4.69) is 5.32 Å². The highest BCUT2D eigenvalue weighted by atomic mass is 35.5. The summed E-state index contributed by atoms with van der Waals surface area (Å²) in [5.74, 6) is 0.290. The van der Waals surface area contributed by atoms with Gasteiger partial charge >= 0.3 is 0 Å². The molecule has 28 heavy (non-hydrogen) atoms. The first-order valence-electron chi connectivity index (χ1n) is 8.79. The van der Waals surface area contributed by atoms with Gasteiger partial charge in [0, 0.05) is 11.8 Å². The summed E-state index contributed by atoms with van der Waals surface area (Å²) in [6.45, 7) is 2.54. The first-order valence-corrected chi connectivity index (χ1v) is 9.17. The van der Waals surface area contributed by atoms with Crippen molar-refractivity contribution in [2.75, 3.05) is 19.0 Å². The number of hydrogen-bond donors (Lipinski definition) is 2. The number of hydrogen-bond acceptors (Lipinski definition) is 4. The number of nitrogens with two attached hydrogens (primary N) is 1. The van der Waals surface area contributed by atoms with Crippen LogP contribution in [-0.4, -0.2) is 25.5 Å². The number of benzene rings is 2. The van der Waals surface area contributed by atoms with Crippen LogP contribution in [0.25, 0.3) is 6.08 Å². The van der Waals surface area contributed by atoms with Crippen molar-refractivity contribution in [1.82, 2.24) is 0 Å². The summed E-state index contributed by atoms with van der Waals surface area (Å²) >= 11 is 6.27. The number of anilines is 1. The van der Waals surface area contributed by atoms with E-state index in [1.807, 2.05) is 6.92 Å². The molecule has 0 aliphatic heterocycles. The minimum absolute atomic E-state index is 0.161. The van der Waals surface area contributed by atoms with Crippen LogP contribution >= 0.6 is 11.6 Å². The van der Waals surface area contributed by atoms with Gasteiger partial charge in [-0.25, -0.2) is 0 Å². The summed E-state index contributed by atoms with van der Waals surface area (Å²) in [6.07, 6.45) is 4.04. The Morgan fingerprint density at radius 3 is 2.54 bits per heavy atom. The van der Waals surface area contributed by atoms with Crippen LogP contribution in [0.4, 0.5) is 5.69 Å². The molecule has 0 radical (unpaired) electrons. The van der Waals surface area contributed by atoms with Gasteiger partial charge in [0.05, 0.1) is 25.2 Å². The van der Waals surface area contributed by atoms with Crippen molar-refractivity contribution in [2.45, 2.75) is 19.8 Å². The van der Waals surface area contributed by atoms with E-state index >= 15 is 0 Å². The maximum Gasteiger partial charge on any atom is 0.248 e. The van der Waals surface area contributed by atoms with Crippen LogP contribution in [0.2, 0.25) is 5.02 Å². The number of halogens is 1. The highest BCUT2D eigenvalue weighted by Crippen LogP contribution is 2.36. The first-order chi connectivity index (χ1) is 13.4. The second-order valence-corrected chi connectivity index (χ2v) is 6.45. The zero-order valence-corrected chi connectivity index (χ0v) is 16.6. The van der Waals surface area contributed by atoms with Gasteiger partial charge in [0.1, 0.15) is 0 Å². The smallest absolute Gasteiger partial charge is 0.248 e. The Kier molecular flexibility index (Phi) is 7.89. The van der Waals surface area contributed by atoms with Gasteiger partial charge in [-0.2, -0.15) is 0 Å². The summed E-state index contributed by atoms with van der Waals surface area (Å²) in [4.78, 5) is 23.0. The maximum absolute atomic E-state index is 12.1. The average Bonchev–Trinajstić information content (AvgIpc) is 2.66. The Morgan fingerprint density at radius 1 is 1.21 bits per heavy atom. The monoisotopic (exact) mass is 402 g/mol. The lowest BCUT2D eigenvalue weighted by Gasteiger charge is -2.12. The predicted molar refractivity (Wildman–Crippen MR) is 111 cm³/mol. The number of amides is 2. The van der Waals surface area contributed by atoms with E-state index in [1.165, 1.54) is 13.2 Å². The maximum atomic E-state index is 12.1. The summed E-state index contributed by atoms with van der Waals surface area (Å²) in [5.41, 5.74) is 7.26. The molecule has 0 saturated heterocycles. The van der Waals surface area contributed by atoms with Crippen LogP contribution in [0.15, 0.2) is 42.5 Å². The number of methoxy groups -OCH3 is 1. The van der Waals surface area contributed by atoms with Crippen LogP contribution in [0, 0.1) is 0 Å². The molecule has 2 aromatic rings. The van der Waals surface area contributed by atoms with Crippen LogP contribution in [0.3, 0.4) is 0 Å². The van der Waals surface area contributed by atoms with E-state index in [9.17, 15) is 9.59 Å².